The largest absolute Gasteiger partial charge is 0.278 e. The highest BCUT2D eigenvalue weighted by molar-refractivity contribution is 5.42. The molecule has 0 aliphatic heterocycles. The van der Waals surface area contributed by atoms with Crippen LogP contribution < -0.4 is 0 Å². The summed E-state index contributed by atoms with van der Waals surface area (Å²) in [5.41, 5.74) is 1.05. The van der Waals surface area contributed by atoms with Crippen LogP contribution in [0.2, 0.25) is 0 Å². The Balaban J connectivity index is 2.77. The minimum atomic E-state index is 1.05. The Morgan fingerprint density at radius 3 is 3.12 bits per heavy atom. The number of allylic oxidation sites excluding steroid dienone is 1. The normalized spacial score (nSPS) is 10.6. The lowest BCUT2D eigenvalue weighted by Crippen LogP contribution is -1.67. The van der Waals surface area contributed by atoms with Gasteiger partial charge in [-0.05, 0) is 19.1 Å². The number of hydrogen-bond donors (Lipinski definition) is 1. The van der Waals surface area contributed by atoms with Gasteiger partial charge in [0, 0.05) is 6.20 Å². The van der Waals surface area contributed by atoms with Gasteiger partial charge in [-0.25, -0.2) is 0 Å². The van der Waals surface area contributed by atoms with E-state index in [9.17, 15) is 0 Å². The van der Waals surface area contributed by atoms with Crippen LogP contribution in [-0.2, 0) is 0 Å². The molecule has 0 radical (unpaired) electrons. The Bertz CT molecular complexity index is 163. The van der Waals surface area contributed by atoms with E-state index in [1.165, 1.54) is 0 Å². The van der Waals surface area contributed by atoms with Gasteiger partial charge in [-0.2, -0.15) is 5.10 Å². The first kappa shape index (κ1) is 5.09. The molecule has 0 fully saturated rings. The molecule has 0 saturated carbocycles. The van der Waals surface area contributed by atoms with Gasteiger partial charge in [0.15, 0.2) is 0 Å². The summed E-state index contributed by atoms with van der Waals surface area (Å²) in [5, 5.41) is 6.57. The van der Waals surface area contributed by atoms with Crippen molar-refractivity contribution >= 4 is 6.08 Å². The zero-order valence-corrected chi connectivity index (χ0v) is 4.76. The van der Waals surface area contributed by atoms with Crippen LogP contribution in [0.4, 0.5) is 0 Å². The Kier molecular flexibility index (Phi) is 1.47. The quantitative estimate of drug-likeness (QED) is 0.579. The molecule has 0 unspecified atom stereocenters. The van der Waals surface area contributed by atoms with Crippen LogP contribution in [0.1, 0.15) is 12.6 Å². The molecule has 0 aromatic carbocycles. The van der Waals surface area contributed by atoms with Gasteiger partial charge in [-0.1, -0.05) is 6.08 Å². The molecule has 8 heavy (non-hydrogen) atoms. The fraction of sp³-hybridized carbons (Fsp3) is 0.167. The summed E-state index contributed by atoms with van der Waals surface area (Å²) < 4.78 is 0. The Hall–Kier alpha value is -1.05. The smallest absolute Gasteiger partial charge is 0.0574 e. The van der Waals surface area contributed by atoms with E-state index < -0.39 is 0 Å². The lowest BCUT2D eigenvalue weighted by molar-refractivity contribution is 1.08. The molecule has 1 rings (SSSR count). The molecule has 0 saturated heterocycles. The average molecular weight is 108 g/mol. The van der Waals surface area contributed by atoms with Crippen LogP contribution in [0.3, 0.4) is 0 Å². The predicted molar refractivity (Wildman–Crippen MR) is 33.3 cm³/mol. The van der Waals surface area contributed by atoms with Crippen LogP contribution in [0.15, 0.2) is 18.3 Å². The van der Waals surface area contributed by atoms with E-state index in [-0.39, 0.29) is 0 Å². The molecule has 1 aromatic heterocycles. The molecule has 1 aromatic rings. The Morgan fingerprint density at radius 2 is 2.62 bits per heavy atom. The van der Waals surface area contributed by atoms with Crippen molar-refractivity contribution in [3.63, 3.8) is 0 Å². The van der Waals surface area contributed by atoms with E-state index in [0.717, 1.165) is 5.69 Å². The van der Waals surface area contributed by atoms with Gasteiger partial charge < -0.3 is 0 Å². The van der Waals surface area contributed by atoms with Crippen LogP contribution in [0.5, 0.6) is 0 Å². The summed E-state index contributed by atoms with van der Waals surface area (Å²) in [4.78, 5) is 0. The fourth-order valence-electron chi connectivity index (χ4n) is 0.539. The number of aromatic nitrogens is 2. The molecular weight excluding hydrogens is 100 g/mol. The van der Waals surface area contributed by atoms with Crippen LogP contribution >= 0.6 is 0 Å². The van der Waals surface area contributed by atoms with Crippen molar-refractivity contribution in [3.05, 3.63) is 24.0 Å². The topological polar surface area (TPSA) is 28.7 Å². The molecule has 1 N–H and O–H groups in total. The zero-order chi connectivity index (χ0) is 5.82. The van der Waals surface area contributed by atoms with Gasteiger partial charge in [0.2, 0.25) is 0 Å². The van der Waals surface area contributed by atoms with Crippen molar-refractivity contribution in [1.82, 2.24) is 10.2 Å². The van der Waals surface area contributed by atoms with Gasteiger partial charge in [-0.15, -0.1) is 0 Å². The molecule has 0 aliphatic carbocycles. The zero-order valence-electron chi connectivity index (χ0n) is 4.76. The molecule has 42 valence electrons. The predicted octanol–water partition coefficient (Wildman–Crippen LogP) is 1.44. The molecule has 0 amide bonds. The maximum absolute atomic E-state index is 3.76. The van der Waals surface area contributed by atoms with E-state index in [0.29, 0.717) is 0 Å². The van der Waals surface area contributed by atoms with Crippen molar-refractivity contribution < 1.29 is 0 Å². The molecule has 2 heteroatoms. The first-order valence-corrected chi connectivity index (χ1v) is 2.55. The maximum atomic E-state index is 3.76. The monoisotopic (exact) mass is 108 g/mol. The van der Waals surface area contributed by atoms with Crippen molar-refractivity contribution in [3.8, 4) is 0 Å². The molecule has 0 spiro atoms. The highest BCUT2D eigenvalue weighted by Gasteiger charge is 1.79. The number of rotatable bonds is 1. The van der Waals surface area contributed by atoms with Gasteiger partial charge in [0.05, 0.1) is 5.69 Å². The van der Waals surface area contributed by atoms with Crippen molar-refractivity contribution in [2.24, 2.45) is 0 Å². The van der Waals surface area contributed by atoms with E-state index in [4.69, 9.17) is 0 Å². The standard InChI is InChI=1S/C6H8N2/c1-2-3-6-4-5-7-8-6/h2-5H,1H3,(H,7,8)/b3-2-. The van der Waals surface area contributed by atoms with Crippen molar-refractivity contribution in [2.45, 2.75) is 6.92 Å². The fourth-order valence-corrected chi connectivity index (χ4v) is 0.539. The second kappa shape index (κ2) is 2.31. The third-order valence-corrected chi connectivity index (χ3v) is 0.869. The van der Waals surface area contributed by atoms with Gasteiger partial charge in [-0.3, -0.25) is 5.10 Å². The summed E-state index contributed by atoms with van der Waals surface area (Å²) in [5.74, 6) is 0. The highest BCUT2D eigenvalue weighted by atomic mass is 15.1. The SMILES string of the molecule is C/C=C\c1ccn[nH]1. The summed E-state index contributed by atoms with van der Waals surface area (Å²) >= 11 is 0. The van der Waals surface area contributed by atoms with Gasteiger partial charge in [0.25, 0.3) is 0 Å². The van der Waals surface area contributed by atoms with Crippen molar-refractivity contribution in [1.29, 1.82) is 0 Å². The Morgan fingerprint density at radius 1 is 1.75 bits per heavy atom. The average Bonchev–Trinajstić information content (AvgIpc) is 2.19. The maximum Gasteiger partial charge on any atom is 0.0574 e. The number of hydrogen-bond acceptors (Lipinski definition) is 1. The summed E-state index contributed by atoms with van der Waals surface area (Å²) in [6.45, 7) is 1.97. The molecule has 1 heterocycles. The molecule has 0 atom stereocenters. The number of aromatic amines is 1. The van der Waals surface area contributed by atoms with Crippen LogP contribution in [-0.4, -0.2) is 10.2 Å². The summed E-state index contributed by atoms with van der Waals surface area (Å²) in [7, 11) is 0. The molecular formula is C6H8N2. The van der Waals surface area contributed by atoms with Crippen LogP contribution in [0.25, 0.3) is 6.08 Å². The number of H-pyrrole nitrogens is 1. The van der Waals surface area contributed by atoms with Crippen molar-refractivity contribution in [2.75, 3.05) is 0 Å². The first-order valence-electron chi connectivity index (χ1n) is 2.55. The second-order valence-corrected chi connectivity index (χ2v) is 1.51. The second-order valence-electron chi connectivity index (χ2n) is 1.51. The molecule has 0 aliphatic rings. The van der Waals surface area contributed by atoms with E-state index in [2.05, 4.69) is 10.2 Å². The lowest BCUT2D eigenvalue weighted by atomic mass is 10.4. The summed E-state index contributed by atoms with van der Waals surface area (Å²) in [6, 6.07) is 1.92. The Labute approximate surface area is 48.2 Å². The highest BCUT2D eigenvalue weighted by Crippen LogP contribution is 1.92. The van der Waals surface area contributed by atoms with E-state index in [1.807, 2.05) is 25.1 Å². The minimum absolute atomic E-state index is 1.05. The third kappa shape index (κ3) is 0.964. The van der Waals surface area contributed by atoms with Crippen LogP contribution in [0, 0.1) is 0 Å². The molecule has 0 bridgehead atoms. The lowest BCUT2D eigenvalue weighted by Gasteiger charge is -1.76. The minimum Gasteiger partial charge on any atom is -0.278 e. The first-order chi connectivity index (χ1) is 3.93. The van der Waals surface area contributed by atoms with E-state index >= 15 is 0 Å². The van der Waals surface area contributed by atoms with E-state index in [1.54, 1.807) is 6.20 Å². The van der Waals surface area contributed by atoms with Gasteiger partial charge >= 0.3 is 0 Å². The number of nitrogens with zero attached hydrogens (tertiary/aromatic N) is 1. The summed E-state index contributed by atoms with van der Waals surface area (Å²) in [6.07, 6.45) is 5.66. The number of nitrogens with one attached hydrogen (secondary N) is 1. The van der Waals surface area contributed by atoms with Gasteiger partial charge in [0.1, 0.15) is 0 Å². The third-order valence-electron chi connectivity index (χ3n) is 0.869. The molecule has 2 nitrogen and oxygen atoms in total.